The second-order valence-corrected chi connectivity index (χ2v) is 6.11. The van der Waals surface area contributed by atoms with E-state index in [1.807, 2.05) is 23.1 Å². The van der Waals surface area contributed by atoms with Gasteiger partial charge in [0.25, 0.3) is 0 Å². The SMILES string of the molecule is CCN1CCC2(CCCN(c3ccccc3)C2=O)CC1. The molecule has 0 atom stereocenters. The van der Waals surface area contributed by atoms with E-state index in [0.29, 0.717) is 5.91 Å². The van der Waals surface area contributed by atoms with Crippen molar-refractivity contribution in [2.24, 2.45) is 5.41 Å². The molecular formula is C17H24N2O. The first kappa shape index (κ1) is 13.6. The molecule has 0 bridgehead atoms. The van der Waals surface area contributed by atoms with Gasteiger partial charge in [0, 0.05) is 12.2 Å². The summed E-state index contributed by atoms with van der Waals surface area (Å²) in [5, 5.41) is 0. The van der Waals surface area contributed by atoms with Crippen molar-refractivity contribution >= 4 is 11.6 Å². The lowest BCUT2D eigenvalue weighted by Crippen LogP contribution is -2.53. The summed E-state index contributed by atoms with van der Waals surface area (Å²) in [6, 6.07) is 10.1. The van der Waals surface area contributed by atoms with Crippen LogP contribution in [0, 0.1) is 5.41 Å². The molecule has 0 aliphatic carbocycles. The van der Waals surface area contributed by atoms with Gasteiger partial charge in [0.1, 0.15) is 0 Å². The minimum Gasteiger partial charge on any atom is -0.312 e. The number of amides is 1. The van der Waals surface area contributed by atoms with Crippen LogP contribution in [0.4, 0.5) is 5.69 Å². The zero-order valence-corrected chi connectivity index (χ0v) is 12.3. The van der Waals surface area contributed by atoms with Gasteiger partial charge in [0.15, 0.2) is 0 Å². The summed E-state index contributed by atoms with van der Waals surface area (Å²) >= 11 is 0. The van der Waals surface area contributed by atoms with Gasteiger partial charge in [-0.1, -0.05) is 25.1 Å². The molecule has 1 aromatic carbocycles. The smallest absolute Gasteiger partial charge is 0.233 e. The molecule has 20 heavy (non-hydrogen) atoms. The van der Waals surface area contributed by atoms with Gasteiger partial charge in [-0.15, -0.1) is 0 Å². The van der Waals surface area contributed by atoms with Crippen LogP contribution >= 0.6 is 0 Å². The monoisotopic (exact) mass is 272 g/mol. The number of carbonyl (C=O) groups is 1. The van der Waals surface area contributed by atoms with E-state index in [1.54, 1.807) is 0 Å². The Morgan fingerprint density at radius 1 is 1.05 bits per heavy atom. The number of hydrogen-bond donors (Lipinski definition) is 0. The fourth-order valence-electron chi connectivity index (χ4n) is 3.69. The lowest BCUT2D eigenvalue weighted by Gasteiger charge is -2.46. The summed E-state index contributed by atoms with van der Waals surface area (Å²) < 4.78 is 0. The van der Waals surface area contributed by atoms with Crippen molar-refractivity contribution in [2.75, 3.05) is 31.1 Å². The number of likely N-dealkylation sites (tertiary alicyclic amines) is 1. The third kappa shape index (κ3) is 2.35. The van der Waals surface area contributed by atoms with E-state index >= 15 is 0 Å². The van der Waals surface area contributed by atoms with Crippen molar-refractivity contribution < 1.29 is 4.79 Å². The molecule has 0 N–H and O–H groups in total. The maximum absolute atomic E-state index is 13.0. The fraction of sp³-hybridized carbons (Fsp3) is 0.588. The quantitative estimate of drug-likeness (QED) is 0.826. The second kappa shape index (κ2) is 5.57. The van der Waals surface area contributed by atoms with Gasteiger partial charge >= 0.3 is 0 Å². The van der Waals surface area contributed by atoms with Gasteiger partial charge in [-0.2, -0.15) is 0 Å². The van der Waals surface area contributed by atoms with Crippen LogP contribution in [0.25, 0.3) is 0 Å². The van der Waals surface area contributed by atoms with Crippen LogP contribution in [0.15, 0.2) is 30.3 Å². The number of rotatable bonds is 2. The first-order valence-electron chi connectivity index (χ1n) is 7.84. The highest BCUT2D eigenvalue weighted by Crippen LogP contribution is 2.42. The van der Waals surface area contributed by atoms with Crippen molar-refractivity contribution in [1.82, 2.24) is 4.90 Å². The standard InChI is InChI=1S/C17H24N2O/c1-2-18-13-10-17(11-14-18)9-6-12-19(16(17)20)15-7-4-3-5-8-15/h3-5,7-8H,2,6,9-14H2,1H3. The second-order valence-electron chi connectivity index (χ2n) is 6.11. The summed E-state index contributed by atoms with van der Waals surface area (Å²) in [5.74, 6) is 0.366. The van der Waals surface area contributed by atoms with Crippen LogP contribution in [0.2, 0.25) is 0 Å². The van der Waals surface area contributed by atoms with E-state index in [4.69, 9.17) is 0 Å². The molecule has 3 heteroatoms. The summed E-state index contributed by atoms with van der Waals surface area (Å²) in [5.41, 5.74) is 0.981. The molecular weight excluding hydrogens is 248 g/mol. The molecule has 108 valence electrons. The number of benzene rings is 1. The Bertz CT molecular complexity index is 463. The summed E-state index contributed by atoms with van der Waals surface area (Å²) in [6.45, 7) is 6.33. The Hall–Kier alpha value is -1.35. The van der Waals surface area contributed by atoms with Crippen LogP contribution in [-0.2, 0) is 4.79 Å². The molecule has 2 saturated heterocycles. The Labute approximate surface area is 121 Å². The summed E-state index contributed by atoms with van der Waals surface area (Å²) in [4.78, 5) is 17.5. The van der Waals surface area contributed by atoms with E-state index in [1.165, 1.54) is 0 Å². The first-order valence-corrected chi connectivity index (χ1v) is 7.84. The summed E-state index contributed by atoms with van der Waals surface area (Å²) in [6.07, 6.45) is 4.27. The van der Waals surface area contributed by atoms with E-state index in [2.05, 4.69) is 24.0 Å². The number of piperidine rings is 2. The topological polar surface area (TPSA) is 23.6 Å². The molecule has 2 aliphatic heterocycles. The maximum atomic E-state index is 13.0. The van der Waals surface area contributed by atoms with Crippen molar-refractivity contribution in [3.63, 3.8) is 0 Å². The highest BCUT2D eigenvalue weighted by molar-refractivity contribution is 5.98. The van der Waals surface area contributed by atoms with Crippen LogP contribution in [0.3, 0.4) is 0 Å². The van der Waals surface area contributed by atoms with Gasteiger partial charge in [0.2, 0.25) is 5.91 Å². The molecule has 0 aromatic heterocycles. The highest BCUT2D eigenvalue weighted by Gasteiger charge is 2.45. The molecule has 2 fully saturated rings. The average molecular weight is 272 g/mol. The maximum Gasteiger partial charge on any atom is 0.233 e. The van der Waals surface area contributed by atoms with Crippen LogP contribution in [0.1, 0.15) is 32.6 Å². The van der Waals surface area contributed by atoms with Crippen LogP contribution < -0.4 is 4.90 Å². The molecule has 1 amide bonds. The Balaban J connectivity index is 1.79. The van der Waals surface area contributed by atoms with E-state index in [0.717, 1.165) is 57.5 Å². The van der Waals surface area contributed by atoms with Gasteiger partial charge in [-0.3, -0.25) is 4.79 Å². The third-order valence-electron chi connectivity index (χ3n) is 5.06. The normalized spacial score (nSPS) is 23.2. The van der Waals surface area contributed by atoms with Gasteiger partial charge in [-0.25, -0.2) is 0 Å². The summed E-state index contributed by atoms with van der Waals surface area (Å²) in [7, 11) is 0. The predicted octanol–water partition coefficient (Wildman–Crippen LogP) is 2.92. The Morgan fingerprint density at radius 3 is 2.40 bits per heavy atom. The molecule has 0 unspecified atom stereocenters. The van der Waals surface area contributed by atoms with Crippen molar-refractivity contribution in [3.8, 4) is 0 Å². The lowest BCUT2D eigenvalue weighted by molar-refractivity contribution is -0.133. The van der Waals surface area contributed by atoms with Crippen molar-refractivity contribution in [1.29, 1.82) is 0 Å². The predicted molar refractivity (Wildman–Crippen MR) is 81.8 cm³/mol. The van der Waals surface area contributed by atoms with Gasteiger partial charge in [-0.05, 0) is 57.5 Å². The number of hydrogen-bond acceptors (Lipinski definition) is 2. The number of anilines is 1. The average Bonchev–Trinajstić information content (AvgIpc) is 2.52. The Morgan fingerprint density at radius 2 is 1.75 bits per heavy atom. The third-order valence-corrected chi connectivity index (χ3v) is 5.06. The molecule has 2 heterocycles. The molecule has 1 aromatic rings. The molecule has 3 nitrogen and oxygen atoms in total. The van der Waals surface area contributed by atoms with E-state index < -0.39 is 0 Å². The molecule has 0 saturated carbocycles. The molecule has 3 rings (SSSR count). The minimum atomic E-state index is -0.0836. The number of nitrogens with zero attached hydrogens (tertiary/aromatic N) is 2. The lowest BCUT2D eigenvalue weighted by atomic mass is 9.71. The van der Waals surface area contributed by atoms with Gasteiger partial charge < -0.3 is 9.80 Å². The molecule has 0 radical (unpaired) electrons. The number of carbonyl (C=O) groups excluding carboxylic acids is 1. The first-order chi connectivity index (χ1) is 9.75. The van der Waals surface area contributed by atoms with Crippen LogP contribution in [0.5, 0.6) is 0 Å². The minimum absolute atomic E-state index is 0.0836. The fourth-order valence-corrected chi connectivity index (χ4v) is 3.69. The zero-order chi connectivity index (χ0) is 14.0. The van der Waals surface area contributed by atoms with Gasteiger partial charge in [0.05, 0.1) is 5.41 Å². The van der Waals surface area contributed by atoms with Crippen molar-refractivity contribution in [3.05, 3.63) is 30.3 Å². The zero-order valence-electron chi connectivity index (χ0n) is 12.3. The number of para-hydroxylation sites is 1. The largest absolute Gasteiger partial charge is 0.312 e. The Kier molecular flexibility index (Phi) is 3.79. The highest BCUT2D eigenvalue weighted by atomic mass is 16.2. The van der Waals surface area contributed by atoms with E-state index in [-0.39, 0.29) is 5.41 Å². The molecule has 1 spiro atoms. The molecule has 2 aliphatic rings. The van der Waals surface area contributed by atoms with E-state index in [9.17, 15) is 4.79 Å². The van der Waals surface area contributed by atoms with Crippen molar-refractivity contribution in [2.45, 2.75) is 32.6 Å². The van der Waals surface area contributed by atoms with Crippen LogP contribution in [-0.4, -0.2) is 37.0 Å².